The maximum atomic E-state index is 14.7. The summed E-state index contributed by atoms with van der Waals surface area (Å²) in [5.74, 6) is 0.953. The van der Waals surface area contributed by atoms with Gasteiger partial charge in [-0.25, -0.2) is 4.98 Å². The van der Waals surface area contributed by atoms with Gasteiger partial charge in [0.1, 0.15) is 30.1 Å². The number of pyridine rings is 2. The van der Waals surface area contributed by atoms with Crippen molar-refractivity contribution in [1.82, 2.24) is 14.5 Å². The molecule has 0 bridgehead atoms. The van der Waals surface area contributed by atoms with Gasteiger partial charge in [-0.3, -0.25) is 9.59 Å². The van der Waals surface area contributed by atoms with Gasteiger partial charge in [0.25, 0.3) is 5.56 Å². The number of para-hydroxylation sites is 1. The number of carbonyl (C=O) groups excluding carboxylic acids is 1. The zero-order chi connectivity index (χ0) is 37.9. The average Bonchev–Trinajstić information content (AvgIpc) is 3.60. The standard InChI is InChI=1S/C38H39Cl2N7O6/c1-47(2,23-24-12-15-41-37(24)46(50)51)18-8-11-33(48)44-16-13-27(14-17-44)45-29-20-32(43-26-9-6-5-7-10-26)42-22-25(29)19-28(38(45)49)34-35(39)30(52-3)21-31(53-4)36(34)40/h5-11,15,19-22,27H,12-14,16-18,23H2,1-4H3/p+1/b11-8+. The van der Waals surface area contributed by atoms with Crippen LogP contribution in [0.2, 0.25) is 10.0 Å². The molecule has 2 aromatic carbocycles. The number of ether oxygens (including phenoxy) is 2. The third-order valence-electron chi connectivity index (χ3n) is 9.47. The molecule has 6 rings (SSSR count). The van der Waals surface area contributed by atoms with E-state index in [-0.39, 0.29) is 38.9 Å². The van der Waals surface area contributed by atoms with Gasteiger partial charge in [-0.15, -0.1) is 0 Å². The second-order valence-electron chi connectivity index (χ2n) is 13.6. The number of benzene rings is 2. The predicted molar refractivity (Wildman–Crippen MR) is 207 cm³/mol. The molecule has 13 nitrogen and oxygen atoms in total. The molecule has 0 saturated carbocycles. The quantitative estimate of drug-likeness (QED) is 0.0713. The van der Waals surface area contributed by atoms with Crippen molar-refractivity contribution in [3.05, 3.63) is 109 Å². The van der Waals surface area contributed by atoms with Gasteiger partial charge in [-0.1, -0.05) is 46.4 Å². The van der Waals surface area contributed by atoms with Crippen LogP contribution in [0.1, 0.15) is 25.3 Å². The van der Waals surface area contributed by atoms with Gasteiger partial charge in [0.05, 0.1) is 61.6 Å². The molecule has 0 radical (unpaired) electrons. The zero-order valence-electron chi connectivity index (χ0n) is 29.8. The number of piperidine rings is 1. The Labute approximate surface area is 316 Å². The number of amides is 1. The molecule has 0 aliphatic carbocycles. The third kappa shape index (κ3) is 8.07. The number of methoxy groups -OCH3 is 2. The van der Waals surface area contributed by atoms with Crippen LogP contribution in [-0.2, 0) is 4.79 Å². The number of aliphatic imine (C=N–C) groups is 1. The Kier molecular flexibility index (Phi) is 11.2. The molecule has 276 valence electrons. The molecule has 53 heavy (non-hydrogen) atoms. The number of rotatable bonds is 12. The number of anilines is 2. The van der Waals surface area contributed by atoms with Gasteiger partial charge in [0.15, 0.2) is 0 Å². The minimum absolute atomic E-state index is 0.0918. The highest BCUT2D eigenvalue weighted by Gasteiger charge is 2.30. The molecule has 0 atom stereocenters. The summed E-state index contributed by atoms with van der Waals surface area (Å²) < 4.78 is 13.2. The summed E-state index contributed by atoms with van der Waals surface area (Å²) >= 11 is 13.6. The monoisotopic (exact) mass is 760 g/mol. The number of likely N-dealkylation sites (tertiary alicyclic amines) is 1. The molecule has 0 spiro atoms. The minimum atomic E-state index is -0.452. The smallest absolute Gasteiger partial charge is 0.368 e. The van der Waals surface area contributed by atoms with Crippen LogP contribution in [0, 0.1) is 10.1 Å². The lowest BCUT2D eigenvalue weighted by molar-refractivity contribution is -0.880. The summed E-state index contributed by atoms with van der Waals surface area (Å²) in [7, 11) is 6.86. The summed E-state index contributed by atoms with van der Waals surface area (Å²) in [6.07, 6.45) is 8.12. The second kappa shape index (κ2) is 15.8. The number of aromatic nitrogens is 2. The third-order valence-corrected chi connectivity index (χ3v) is 10.2. The topological polar surface area (TPSA) is 141 Å². The highest BCUT2D eigenvalue weighted by atomic mass is 35.5. The molecule has 2 aliphatic rings. The fourth-order valence-electron chi connectivity index (χ4n) is 6.84. The van der Waals surface area contributed by atoms with Crippen molar-refractivity contribution in [2.75, 3.05) is 59.8 Å². The number of hydrogen-bond acceptors (Lipinski definition) is 9. The first kappa shape index (κ1) is 37.5. The van der Waals surface area contributed by atoms with Crippen LogP contribution in [0.5, 0.6) is 11.5 Å². The summed E-state index contributed by atoms with van der Waals surface area (Å²) in [5, 5.41) is 15.7. The Morgan fingerprint density at radius 3 is 2.40 bits per heavy atom. The maximum absolute atomic E-state index is 14.7. The molecule has 1 N–H and O–H groups in total. The van der Waals surface area contributed by atoms with E-state index in [4.69, 9.17) is 32.7 Å². The Bertz CT molecular complexity index is 2180. The molecule has 2 aliphatic heterocycles. The van der Waals surface area contributed by atoms with Crippen molar-refractivity contribution in [3.8, 4) is 22.6 Å². The van der Waals surface area contributed by atoms with Crippen LogP contribution in [0.25, 0.3) is 22.0 Å². The lowest BCUT2D eigenvalue weighted by Crippen LogP contribution is -2.42. The number of halogens is 2. The van der Waals surface area contributed by atoms with Crippen molar-refractivity contribution in [2.24, 2.45) is 4.99 Å². The van der Waals surface area contributed by atoms with Crippen molar-refractivity contribution < 1.29 is 23.7 Å². The van der Waals surface area contributed by atoms with Gasteiger partial charge in [-0.05, 0) is 42.0 Å². The maximum Gasteiger partial charge on any atom is 0.368 e. The number of nitrogens with zero attached hydrogens (tertiary/aromatic N) is 6. The van der Waals surface area contributed by atoms with Crippen molar-refractivity contribution in [1.29, 1.82) is 0 Å². The highest BCUT2D eigenvalue weighted by Crippen LogP contribution is 2.46. The number of fused-ring (bicyclic) bond motifs is 1. The van der Waals surface area contributed by atoms with Gasteiger partial charge in [0.2, 0.25) is 5.91 Å². The molecule has 1 fully saturated rings. The fourth-order valence-corrected chi connectivity index (χ4v) is 7.54. The lowest BCUT2D eigenvalue weighted by atomic mass is 10.00. The molecule has 4 heterocycles. The number of nitrogens with one attached hydrogen (secondary N) is 1. The second-order valence-corrected chi connectivity index (χ2v) is 14.3. The van der Waals surface area contributed by atoms with Crippen molar-refractivity contribution in [2.45, 2.75) is 25.3 Å². The minimum Gasteiger partial charge on any atom is -0.495 e. The average molecular weight is 762 g/mol. The van der Waals surface area contributed by atoms with Gasteiger partial charge in [-0.2, -0.15) is 0 Å². The molecule has 1 saturated heterocycles. The van der Waals surface area contributed by atoms with Crippen LogP contribution < -0.4 is 20.3 Å². The first-order chi connectivity index (χ1) is 25.4. The van der Waals surface area contributed by atoms with E-state index in [9.17, 15) is 19.7 Å². The summed E-state index contributed by atoms with van der Waals surface area (Å²) in [6.45, 7) is 1.79. The van der Waals surface area contributed by atoms with Crippen molar-refractivity contribution >= 4 is 57.7 Å². The van der Waals surface area contributed by atoms with E-state index < -0.39 is 4.92 Å². The van der Waals surface area contributed by atoms with E-state index in [0.717, 1.165) is 5.69 Å². The van der Waals surface area contributed by atoms with Gasteiger partial charge >= 0.3 is 5.82 Å². The summed E-state index contributed by atoms with van der Waals surface area (Å²) in [4.78, 5) is 49.2. The van der Waals surface area contributed by atoms with Gasteiger partial charge < -0.3 is 38.9 Å². The molecule has 4 aromatic rings. The van der Waals surface area contributed by atoms with Crippen molar-refractivity contribution in [3.63, 3.8) is 0 Å². The Morgan fingerprint density at radius 2 is 1.75 bits per heavy atom. The van der Waals surface area contributed by atoms with E-state index in [0.29, 0.717) is 89.3 Å². The van der Waals surface area contributed by atoms with Crippen LogP contribution in [-0.4, -0.2) is 90.5 Å². The van der Waals surface area contributed by atoms with E-state index in [1.807, 2.05) is 56.6 Å². The van der Waals surface area contributed by atoms with E-state index in [2.05, 4.69) is 15.3 Å². The fraction of sp³-hybridized carbons (Fsp3) is 0.316. The van der Waals surface area contributed by atoms with Crippen LogP contribution in [0.3, 0.4) is 0 Å². The molecular weight excluding hydrogens is 721 g/mol. The summed E-state index contributed by atoms with van der Waals surface area (Å²) in [6, 6.07) is 14.5. The number of likely N-dealkylation sites (N-methyl/N-ethyl adjacent to an activating group) is 1. The predicted octanol–water partition coefficient (Wildman–Crippen LogP) is 6.89. The molecule has 2 aromatic heterocycles. The Balaban J connectivity index is 1.28. The van der Waals surface area contributed by atoms with Crippen LogP contribution in [0.4, 0.5) is 11.5 Å². The number of hydrogen-bond donors (Lipinski definition) is 1. The number of nitro groups is 1. The van der Waals surface area contributed by atoms with E-state index >= 15 is 0 Å². The van der Waals surface area contributed by atoms with E-state index in [1.165, 1.54) is 14.2 Å². The first-order valence-corrected chi connectivity index (χ1v) is 17.8. The largest absolute Gasteiger partial charge is 0.495 e. The highest BCUT2D eigenvalue weighted by molar-refractivity contribution is 6.41. The molecule has 15 heteroatoms. The SMILES string of the molecule is COc1cc(OC)c(Cl)c(-c2cc3cnc(Nc4ccccc4)cc3n(C3CCN(C(=O)/C=C/C[N+](C)(C)CC4=C([N+](=O)[O-])N=CC4)CC3)c2=O)c1Cl. The normalized spacial score (nSPS) is 15.1. The van der Waals surface area contributed by atoms with Crippen LogP contribution >= 0.6 is 23.2 Å². The first-order valence-electron chi connectivity index (χ1n) is 17.0. The van der Waals surface area contributed by atoms with E-state index in [1.54, 1.807) is 40.1 Å². The molecule has 0 unspecified atom stereocenters. The van der Waals surface area contributed by atoms with Gasteiger partial charge in [0, 0.05) is 66.6 Å². The lowest BCUT2D eigenvalue weighted by Gasteiger charge is -2.33. The number of quaternary nitrogens is 1. The molecular formula is C38H40Cl2N7O6+. The Morgan fingerprint density at radius 1 is 1.08 bits per heavy atom. The number of carbonyl (C=O) groups is 1. The summed E-state index contributed by atoms with van der Waals surface area (Å²) in [5.41, 5.74) is 2.44. The molecule has 1 amide bonds. The zero-order valence-corrected chi connectivity index (χ0v) is 31.4. The Hall–Kier alpha value is -5.24. The van der Waals surface area contributed by atoms with Crippen LogP contribution in [0.15, 0.2) is 88.1 Å².